The Kier molecular flexibility index (Phi) is 4.20. The van der Waals surface area contributed by atoms with Gasteiger partial charge in [0, 0.05) is 24.5 Å². The fourth-order valence-corrected chi connectivity index (χ4v) is 3.02. The molecule has 1 aliphatic heterocycles. The Bertz CT molecular complexity index is 605. The summed E-state index contributed by atoms with van der Waals surface area (Å²) in [6.07, 6.45) is 3.53. The van der Waals surface area contributed by atoms with E-state index in [1.165, 1.54) is 13.0 Å². The van der Waals surface area contributed by atoms with Crippen molar-refractivity contribution in [2.24, 2.45) is 0 Å². The van der Waals surface area contributed by atoms with E-state index in [0.717, 1.165) is 42.7 Å². The summed E-state index contributed by atoms with van der Waals surface area (Å²) < 4.78 is 0. The summed E-state index contributed by atoms with van der Waals surface area (Å²) in [4.78, 5) is 11.2. The first-order chi connectivity index (χ1) is 10.3. The normalized spacial score (nSPS) is 17.2. The first-order valence-electron chi connectivity index (χ1n) is 7.77. The van der Waals surface area contributed by atoms with E-state index in [1.54, 1.807) is 0 Å². The van der Waals surface area contributed by atoms with E-state index >= 15 is 0 Å². The number of hydrogen-bond acceptors (Lipinski definition) is 5. The molecular weight excluding hydrogens is 262 g/mol. The highest BCUT2D eigenvalue weighted by Crippen LogP contribution is 2.23. The number of rotatable bonds is 4. The Hall–Kier alpha value is -1.88. The predicted octanol–water partition coefficient (Wildman–Crippen LogP) is 2.50. The molecule has 0 spiro atoms. The van der Waals surface area contributed by atoms with Gasteiger partial charge < -0.3 is 16.0 Å². The molecule has 5 nitrogen and oxygen atoms in total. The van der Waals surface area contributed by atoms with E-state index in [4.69, 9.17) is 5.73 Å². The average Bonchev–Trinajstić information content (AvgIpc) is 2.49. The SMILES string of the molecule is CCCN1CCC(Nc2nc(N)nc3ccccc23)CC1. The Morgan fingerprint density at radius 1 is 1.24 bits per heavy atom. The molecule has 5 heteroatoms. The molecule has 1 saturated heterocycles. The number of fused-ring (bicyclic) bond motifs is 1. The zero-order chi connectivity index (χ0) is 14.7. The van der Waals surface area contributed by atoms with Crippen molar-refractivity contribution in [2.75, 3.05) is 30.7 Å². The molecule has 1 aromatic carbocycles. The van der Waals surface area contributed by atoms with Gasteiger partial charge in [-0.3, -0.25) is 0 Å². The minimum absolute atomic E-state index is 0.333. The van der Waals surface area contributed by atoms with Crippen LogP contribution in [0.25, 0.3) is 10.9 Å². The van der Waals surface area contributed by atoms with Gasteiger partial charge in [0.05, 0.1) is 5.52 Å². The van der Waals surface area contributed by atoms with Crippen molar-refractivity contribution < 1.29 is 0 Å². The highest BCUT2D eigenvalue weighted by Gasteiger charge is 2.19. The van der Waals surface area contributed by atoms with Crippen LogP contribution in [-0.2, 0) is 0 Å². The standard InChI is InChI=1S/C16H23N5/c1-2-9-21-10-7-12(8-11-21)18-15-13-5-3-4-6-14(13)19-16(17)20-15/h3-6,12H,2,7-11H2,1H3,(H3,17,18,19,20). The smallest absolute Gasteiger partial charge is 0.222 e. The van der Waals surface area contributed by atoms with E-state index in [1.807, 2.05) is 24.3 Å². The van der Waals surface area contributed by atoms with Crippen LogP contribution >= 0.6 is 0 Å². The average molecular weight is 285 g/mol. The number of nitrogens with zero attached hydrogens (tertiary/aromatic N) is 3. The maximum Gasteiger partial charge on any atom is 0.222 e. The van der Waals surface area contributed by atoms with Crippen LogP contribution < -0.4 is 11.1 Å². The van der Waals surface area contributed by atoms with Gasteiger partial charge in [-0.25, -0.2) is 4.98 Å². The van der Waals surface area contributed by atoms with E-state index in [9.17, 15) is 0 Å². The third kappa shape index (κ3) is 3.24. The Morgan fingerprint density at radius 3 is 2.76 bits per heavy atom. The van der Waals surface area contributed by atoms with Crippen LogP contribution in [0, 0.1) is 0 Å². The van der Waals surface area contributed by atoms with Crippen molar-refractivity contribution in [3.63, 3.8) is 0 Å². The third-order valence-corrected chi connectivity index (χ3v) is 4.09. The zero-order valence-corrected chi connectivity index (χ0v) is 12.5. The third-order valence-electron chi connectivity index (χ3n) is 4.09. The second kappa shape index (κ2) is 6.26. The molecular formula is C16H23N5. The van der Waals surface area contributed by atoms with Gasteiger partial charge in [-0.1, -0.05) is 19.1 Å². The molecule has 1 aromatic heterocycles. The summed E-state index contributed by atoms with van der Waals surface area (Å²) in [5.41, 5.74) is 6.72. The van der Waals surface area contributed by atoms with E-state index in [0.29, 0.717) is 12.0 Å². The Balaban J connectivity index is 1.74. The van der Waals surface area contributed by atoms with Crippen LogP contribution in [-0.4, -0.2) is 40.5 Å². The molecule has 0 amide bonds. The maximum atomic E-state index is 5.82. The molecule has 3 rings (SSSR count). The van der Waals surface area contributed by atoms with Crippen LogP contribution in [0.4, 0.5) is 11.8 Å². The topological polar surface area (TPSA) is 67.1 Å². The highest BCUT2D eigenvalue weighted by atomic mass is 15.2. The summed E-state index contributed by atoms with van der Waals surface area (Å²) in [6.45, 7) is 5.75. The summed E-state index contributed by atoms with van der Waals surface area (Å²) in [7, 11) is 0. The number of likely N-dealkylation sites (tertiary alicyclic amines) is 1. The van der Waals surface area contributed by atoms with Gasteiger partial charge in [-0.05, 0) is 37.9 Å². The first kappa shape index (κ1) is 14.1. The van der Waals surface area contributed by atoms with Crippen LogP contribution in [0.5, 0.6) is 0 Å². The minimum atomic E-state index is 0.333. The van der Waals surface area contributed by atoms with Gasteiger partial charge in [-0.2, -0.15) is 4.98 Å². The number of benzene rings is 1. The summed E-state index contributed by atoms with van der Waals surface area (Å²) >= 11 is 0. The number of nitrogens with two attached hydrogens (primary N) is 1. The molecule has 0 unspecified atom stereocenters. The van der Waals surface area contributed by atoms with Gasteiger partial charge >= 0.3 is 0 Å². The van der Waals surface area contributed by atoms with Crippen LogP contribution in [0.1, 0.15) is 26.2 Å². The van der Waals surface area contributed by atoms with Crippen molar-refractivity contribution >= 4 is 22.7 Å². The summed E-state index contributed by atoms with van der Waals surface area (Å²) in [5, 5.41) is 4.61. The predicted molar refractivity (Wildman–Crippen MR) is 87.3 cm³/mol. The summed E-state index contributed by atoms with van der Waals surface area (Å²) in [5.74, 6) is 1.20. The molecule has 1 aliphatic rings. The van der Waals surface area contributed by atoms with Crippen LogP contribution in [0.2, 0.25) is 0 Å². The van der Waals surface area contributed by atoms with Gasteiger partial charge in [0.25, 0.3) is 0 Å². The van der Waals surface area contributed by atoms with Gasteiger partial charge in [0.1, 0.15) is 5.82 Å². The molecule has 21 heavy (non-hydrogen) atoms. The maximum absolute atomic E-state index is 5.82. The van der Waals surface area contributed by atoms with E-state index in [-0.39, 0.29) is 0 Å². The molecule has 1 fully saturated rings. The van der Waals surface area contributed by atoms with Crippen molar-refractivity contribution in [2.45, 2.75) is 32.2 Å². The Labute approximate surface area is 125 Å². The van der Waals surface area contributed by atoms with Crippen molar-refractivity contribution in [1.29, 1.82) is 0 Å². The second-order valence-corrected chi connectivity index (χ2v) is 5.71. The molecule has 3 N–H and O–H groups in total. The highest BCUT2D eigenvalue weighted by molar-refractivity contribution is 5.89. The molecule has 2 aromatic rings. The quantitative estimate of drug-likeness (QED) is 0.903. The second-order valence-electron chi connectivity index (χ2n) is 5.71. The lowest BCUT2D eigenvalue weighted by molar-refractivity contribution is 0.219. The van der Waals surface area contributed by atoms with Crippen LogP contribution in [0.15, 0.2) is 24.3 Å². The number of piperidine rings is 1. The molecule has 0 radical (unpaired) electrons. The number of para-hydroxylation sites is 1. The number of anilines is 2. The largest absolute Gasteiger partial charge is 0.368 e. The first-order valence-corrected chi connectivity index (χ1v) is 7.77. The molecule has 2 heterocycles. The molecule has 112 valence electrons. The molecule has 0 atom stereocenters. The monoisotopic (exact) mass is 285 g/mol. The Morgan fingerprint density at radius 2 is 2.00 bits per heavy atom. The fourth-order valence-electron chi connectivity index (χ4n) is 3.02. The van der Waals surface area contributed by atoms with Crippen molar-refractivity contribution in [3.8, 4) is 0 Å². The lowest BCUT2D eigenvalue weighted by Gasteiger charge is -2.32. The van der Waals surface area contributed by atoms with E-state index < -0.39 is 0 Å². The lowest BCUT2D eigenvalue weighted by atomic mass is 10.0. The minimum Gasteiger partial charge on any atom is -0.368 e. The number of aromatic nitrogens is 2. The van der Waals surface area contributed by atoms with Crippen LogP contribution in [0.3, 0.4) is 0 Å². The summed E-state index contributed by atoms with van der Waals surface area (Å²) in [6, 6.07) is 8.47. The van der Waals surface area contributed by atoms with Gasteiger partial charge in [0.2, 0.25) is 5.95 Å². The molecule has 0 bridgehead atoms. The fraction of sp³-hybridized carbons (Fsp3) is 0.500. The van der Waals surface area contributed by atoms with Crippen molar-refractivity contribution in [3.05, 3.63) is 24.3 Å². The number of hydrogen-bond donors (Lipinski definition) is 2. The van der Waals surface area contributed by atoms with Crippen molar-refractivity contribution in [1.82, 2.24) is 14.9 Å². The van der Waals surface area contributed by atoms with E-state index in [2.05, 4.69) is 27.1 Å². The van der Waals surface area contributed by atoms with Gasteiger partial charge in [0.15, 0.2) is 0 Å². The lowest BCUT2D eigenvalue weighted by Crippen LogP contribution is -2.39. The number of nitrogen functional groups attached to an aromatic ring is 1. The van der Waals surface area contributed by atoms with Gasteiger partial charge in [-0.15, -0.1) is 0 Å². The molecule has 0 saturated carbocycles. The molecule has 0 aliphatic carbocycles. The number of nitrogens with one attached hydrogen (secondary N) is 1. The zero-order valence-electron chi connectivity index (χ0n) is 12.5.